The van der Waals surface area contributed by atoms with Crippen LogP contribution in [0.4, 0.5) is 4.79 Å². The molecule has 0 aromatic heterocycles. The molecule has 0 rings (SSSR count). The number of nitrogens with zero attached hydrogens (tertiary/aromatic N) is 1. The topological polar surface area (TPSA) is 41.5 Å². The lowest BCUT2D eigenvalue weighted by molar-refractivity contribution is 0.252. The third-order valence-corrected chi connectivity index (χ3v) is 1.26. The van der Waals surface area contributed by atoms with Gasteiger partial charge in [0.05, 0.1) is 0 Å². The molecule has 0 saturated heterocycles. The summed E-state index contributed by atoms with van der Waals surface area (Å²) < 4.78 is 0. The Morgan fingerprint density at radius 2 is 2.08 bits per heavy atom. The minimum Gasteiger partial charge on any atom is -0.313 e. The predicted molar refractivity (Wildman–Crippen MR) is 51.2 cm³/mol. The summed E-state index contributed by atoms with van der Waals surface area (Å²) in [7, 11) is 0. The maximum absolute atomic E-state index is 10.9. The molecule has 0 aliphatic carbocycles. The van der Waals surface area contributed by atoms with Crippen LogP contribution in [0, 0.1) is 5.92 Å². The molecule has 0 aliphatic heterocycles. The third-order valence-electron chi connectivity index (χ3n) is 1.26. The second kappa shape index (κ2) is 5.29. The van der Waals surface area contributed by atoms with Crippen LogP contribution in [0.25, 0.3) is 0 Å². The molecular weight excluding hydrogens is 152 g/mol. The molecule has 0 saturated carbocycles. The van der Waals surface area contributed by atoms with E-state index in [1.807, 2.05) is 13.8 Å². The van der Waals surface area contributed by atoms with Gasteiger partial charge in [0.15, 0.2) is 0 Å². The molecule has 0 atom stereocenters. The van der Waals surface area contributed by atoms with Crippen molar-refractivity contribution >= 4 is 11.7 Å². The zero-order chi connectivity index (χ0) is 9.56. The molecule has 3 nitrogen and oxygen atoms in total. The Kier molecular flexibility index (Phi) is 4.69. The maximum Gasteiger partial charge on any atom is 0.345 e. The first kappa shape index (κ1) is 10.6. The number of aliphatic imine (C=N–C) groups is 1. The van der Waals surface area contributed by atoms with Crippen molar-refractivity contribution in [3.8, 4) is 0 Å². The first-order valence-corrected chi connectivity index (χ1v) is 3.74. The lowest BCUT2D eigenvalue weighted by Crippen LogP contribution is -2.15. The summed E-state index contributed by atoms with van der Waals surface area (Å²) in [6.07, 6.45) is 2.88. The Bertz CT molecular complexity index is 217. The zero-order valence-electron chi connectivity index (χ0n) is 7.50. The number of urea groups is 1. The monoisotopic (exact) mass is 166 g/mol. The SMILES string of the molecule is C=CNC(=O)N=C(C=C)C(C)C. The van der Waals surface area contributed by atoms with Gasteiger partial charge in [-0.05, 0) is 18.2 Å². The van der Waals surface area contributed by atoms with Crippen LogP contribution in [0.1, 0.15) is 13.8 Å². The van der Waals surface area contributed by atoms with Gasteiger partial charge in [-0.25, -0.2) is 4.79 Å². The van der Waals surface area contributed by atoms with Crippen molar-refractivity contribution in [2.45, 2.75) is 13.8 Å². The Balaban J connectivity index is 4.37. The van der Waals surface area contributed by atoms with Crippen molar-refractivity contribution in [3.05, 3.63) is 25.4 Å². The van der Waals surface area contributed by atoms with E-state index in [-0.39, 0.29) is 5.92 Å². The minimum atomic E-state index is -0.409. The Morgan fingerprint density at radius 3 is 2.42 bits per heavy atom. The molecule has 0 aromatic rings. The van der Waals surface area contributed by atoms with E-state index in [1.165, 1.54) is 6.20 Å². The number of amides is 2. The summed E-state index contributed by atoms with van der Waals surface area (Å²) in [6.45, 7) is 10.8. The van der Waals surface area contributed by atoms with Crippen molar-refractivity contribution in [2.24, 2.45) is 10.9 Å². The number of carbonyl (C=O) groups is 1. The van der Waals surface area contributed by atoms with Gasteiger partial charge in [0.25, 0.3) is 0 Å². The summed E-state index contributed by atoms with van der Waals surface area (Å²) in [4.78, 5) is 14.7. The highest BCUT2D eigenvalue weighted by Gasteiger charge is 2.02. The molecule has 12 heavy (non-hydrogen) atoms. The van der Waals surface area contributed by atoms with Gasteiger partial charge in [0.1, 0.15) is 0 Å². The van der Waals surface area contributed by atoms with Gasteiger partial charge < -0.3 is 5.32 Å². The van der Waals surface area contributed by atoms with E-state index in [9.17, 15) is 4.79 Å². The van der Waals surface area contributed by atoms with Crippen LogP contribution in [-0.2, 0) is 0 Å². The molecule has 1 N–H and O–H groups in total. The minimum absolute atomic E-state index is 0.207. The van der Waals surface area contributed by atoms with Gasteiger partial charge >= 0.3 is 6.03 Å². The summed E-state index contributed by atoms with van der Waals surface area (Å²) in [5.41, 5.74) is 0.675. The Hall–Kier alpha value is -1.38. The van der Waals surface area contributed by atoms with Gasteiger partial charge in [-0.15, -0.1) is 0 Å². The van der Waals surface area contributed by atoms with Crippen molar-refractivity contribution in [1.82, 2.24) is 5.32 Å². The van der Waals surface area contributed by atoms with Gasteiger partial charge in [0, 0.05) is 5.71 Å². The lowest BCUT2D eigenvalue weighted by Gasteiger charge is -2.02. The van der Waals surface area contributed by atoms with Crippen LogP contribution in [0.5, 0.6) is 0 Å². The molecule has 0 unspecified atom stereocenters. The fourth-order valence-electron chi connectivity index (χ4n) is 0.647. The summed E-state index contributed by atoms with van der Waals surface area (Å²) in [5.74, 6) is 0.207. The smallest absolute Gasteiger partial charge is 0.313 e. The predicted octanol–water partition coefficient (Wildman–Crippen LogP) is 2.12. The van der Waals surface area contributed by atoms with E-state index in [0.29, 0.717) is 5.71 Å². The van der Waals surface area contributed by atoms with Gasteiger partial charge in [-0.2, -0.15) is 4.99 Å². The largest absolute Gasteiger partial charge is 0.345 e. The van der Waals surface area contributed by atoms with Crippen LogP contribution >= 0.6 is 0 Å². The van der Waals surface area contributed by atoms with E-state index in [0.717, 1.165) is 0 Å². The molecule has 66 valence electrons. The molecule has 3 heteroatoms. The standard InChI is InChI=1S/C9H14N2O/c1-5-8(7(3)4)11-9(12)10-6-2/h5-7H,1-2H2,3-4H3,(H,10,12). The fraction of sp³-hybridized carbons (Fsp3) is 0.333. The van der Waals surface area contributed by atoms with Crippen molar-refractivity contribution in [1.29, 1.82) is 0 Å². The Morgan fingerprint density at radius 1 is 1.50 bits per heavy atom. The van der Waals surface area contributed by atoms with E-state index >= 15 is 0 Å². The van der Waals surface area contributed by atoms with E-state index in [4.69, 9.17) is 0 Å². The van der Waals surface area contributed by atoms with Gasteiger partial charge in [0.2, 0.25) is 0 Å². The number of hydrogen-bond acceptors (Lipinski definition) is 1. The second-order valence-electron chi connectivity index (χ2n) is 2.55. The van der Waals surface area contributed by atoms with E-state index < -0.39 is 6.03 Å². The molecule has 0 spiro atoms. The number of rotatable bonds is 3. The fourth-order valence-corrected chi connectivity index (χ4v) is 0.647. The molecule has 0 aromatic carbocycles. The third kappa shape index (κ3) is 3.71. The van der Waals surface area contributed by atoms with Crippen molar-refractivity contribution in [2.75, 3.05) is 0 Å². The van der Waals surface area contributed by atoms with Gasteiger partial charge in [-0.3, -0.25) is 0 Å². The molecular formula is C9H14N2O. The van der Waals surface area contributed by atoms with Crippen LogP contribution in [-0.4, -0.2) is 11.7 Å². The summed E-state index contributed by atoms with van der Waals surface area (Å²) in [6, 6.07) is -0.409. The number of nitrogens with one attached hydrogen (secondary N) is 1. The van der Waals surface area contributed by atoms with E-state index in [2.05, 4.69) is 23.5 Å². The average molecular weight is 166 g/mol. The molecule has 0 bridgehead atoms. The first-order chi connectivity index (χ1) is 5.61. The van der Waals surface area contributed by atoms with Crippen molar-refractivity contribution < 1.29 is 4.79 Å². The lowest BCUT2D eigenvalue weighted by atomic mass is 10.1. The highest BCUT2D eigenvalue weighted by Crippen LogP contribution is 1.98. The second-order valence-corrected chi connectivity index (χ2v) is 2.55. The molecule has 0 heterocycles. The first-order valence-electron chi connectivity index (χ1n) is 3.74. The molecule has 0 radical (unpaired) electrons. The van der Waals surface area contributed by atoms with Gasteiger partial charge in [-0.1, -0.05) is 27.0 Å². The number of allylic oxidation sites excluding steroid dienone is 1. The highest BCUT2D eigenvalue weighted by molar-refractivity contribution is 6.02. The van der Waals surface area contributed by atoms with Crippen LogP contribution in [0.15, 0.2) is 30.4 Å². The maximum atomic E-state index is 10.9. The van der Waals surface area contributed by atoms with Crippen molar-refractivity contribution in [3.63, 3.8) is 0 Å². The molecule has 0 fully saturated rings. The summed E-state index contributed by atoms with van der Waals surface area (Å²) >= 11 is 0. The van der Waals surface area contributed by atoms with E-state index in [1.54, 1.807) is 6.08 Å². The number of hydrogen-bond donors (Lipinski definition) is 1. The van der Waals surface area contributed by atoms with Crippen LogP contribution in [0.2, 0.25) is 0 Å². The highest BCUT2D eigenvalue weighted by atomic mass is 16.2. The van der Waals surface area contributed by atoms with Crippen LogP contribution < -0.4 is 5.32 Å². The van der Waals surface area contributed by atoms with Crippen LogP contribution in [0.3, 0.4) is 0 Å². The molecule has 2 amide bonds. The Labute approximate surface area is 72.9 Å². The quantitative estimate of drug-likeness (QED) is 0.641. The normalized spacial score (nSPS) is 11.1. The summed E-state index contributed by atoms with van der Waals surface area (Å²) in [5, 5.41) is 2.35. The molecule has 0 aliphatic rings. The average Bonchev–Trinajstić information content (AvgIpc) is 2.00. The zero-order valence-corrected chi connectivity index (χ0v) is 7.50. The number of carbonyl (C=O) groups excluding carboxylic acids is 1.